The number of nitrogens with zero attached hydrogens (tertiary/aromatic N) is 2. The van der Waals surface area contributed by atoms with E-state index in [0.29, 0.717) is 6.42 Å². The van der Waals surface area contributed by atoms with E-state index in [1.807, 2.05) is 0 Å². The number of unbranched alkanes of at least 4 members (excludes halogenated alkanes) is 3. The molecule has 0 saturated carbocycles. The lowest BCUT2D eigenvalue weighted by Crippen LogP contribution is -2.45. The number of guanidine groups is 1. The quantitative estimate of drug-likeness (QED) is 0.207. The number of methoxy groups -OCH3 is 1. The molecule has 1 aliphatic rings. The van der Waals surface area contributed by atoms with Crippen LogP contribution in [-0.2, 0) is 9.53 Å². The van der Waals surface area contributed by atoms with Crippen LogP contribution in [0.2, 0.25) is 0 Å². The first-order valence-corrected chi connectivity index (χ1v) is 8.77. The molecule has 0 aromatic heterocycles. The lowest BCUT2D eigenvalue weighted by molar-refractivity contribution is -0.140. The zero-order chi connectivity index (χ0) is 16.2. The van der Waals surface area contributed by atoms with Gasteiger partial charge >= 0.3 is 5.97 Å². The van der Waals surface area contributed by atoms with E-state index < -0.39 is 0 Å². The van der Waals surface area contributed by atoms with E-state index in [1.54, 1.807) is 0 Å². The fraction of sp³-hybridized carbons (Fsp3) is 0.882. The number of piperidine rings is 1. The molecule has 23 heavy (non-hydrogen) atoms. The summed E-state index contributed by atoms with van der Waals surface area (Å²) in [6, 6.07) is 0. The monoisotopic (exact) mass is 439 g/mol. The number of carbonyl (C=O) groups excluding carboxylic acids is 1. The third kappa shape index (κ3) is 10.0. The third-order valence-corrected chi connectivity index (χ3v) is 4.20. The number of likely N-dealkylation sites (tertiary alicyclic amines) is 1. The smallest absolute Gasteiger partial charge is 0.305 e. The number of nitrogens with one attached hydrogen (secondary N) is 1. The van der Waals surface area contributed by atoms with Crippen molar-refractivity contribution in [1.29, 1.82) is 0 Å². The highest BCUT2D eigenvalue weighted by Gasteiger charge is 2.18. The van der Waals surface area contributed by atoms with Gasteiger partial charge in [-0.3, -0.25) is 9.79 Å². The van der Waals surface area contributed by atoms with Crippen LogP contribution in [0, 0.1) is 5.92 Å². The Morgan fingerprint density at radius 1 is 1.22 bits per heavy atom. The van der Waals surface area contributed by atoms with E-state index in [0.717, 1.165) is 63.7 Å². The number of aliphatic imine (C=N–C) groups is 1. The molecule has 0 spiro atoms. The minimum atomic E-state index is -0.105. The van der Waals surface area contributed by atoms with Gasteiger partial charge in [0.05, 0.1) is 7.11 Å². The molecule has 0 atom stereocenters. The summed E-state index contributed by atoms with van der Waals surface area (Å²) in [7, 11) is 1.45. The number of rotatable bonds is 8. The average molecular weight is 439 g/mol. The van der Waals surface area contributed by atoms with Gasteiger partial charge in [-0.25, -0.2) is 0 Å². The molecule has 0 amide bonds. The van der Waals surface area contributed by atoms with Crippen molar-refractivity contribution in [3.8, 4) is 0 Å². The molecular formula is C17H34IN3O2. The minimum Gasteiger partial charge on any atom is -0.469 e. The Bertz CT molecular complexity index is 343. The molecule has 0 aromatic carbocycles. The summed E-state index contributed by atoms with van der Waals surface area (Å²) in [4.78, 5) is 18.1. The SMILES string of the molecule is CCNC(=NCCCCCCC(=O)OC)N1CCC(C)CC1.I. The largest absolute Gasteiger partial charge is 0.469 e. The van der Waals surface area contributed by atoms with Crippen LogP contribution in [0.3, 0.4) is 0 Å². The number of hydrogen-bond donors (Lipinski definition) is 1. The lowest BCUT2D eigenvalue weighted by atomic mass is 10.00. The maximum absolute atomic E-state index is 11.0. The van der Waals surface area contributed by atoms with Gasteiger partial charge in [-0.1, -0.05) is 19.8 Å². The minimum absolute atomic E-state index is 0. The van der Waals surface area contributed by atoms with Gasteiger partial charge in [-0.15, -0.1) is 24.0 Å². The standard InChI is InChI=1S/C17H33N3O2.HI/c1-4-18-17(20-13-10-15(2)11-14-20)19-12-8-6-5-7-9-16(21)22-3;/h15H,4-14H2,1-3H3,(H,18,19);1H. The van der Waals surface area contributed by atoms with Crippen molar-refractivity contribution < 1.29 is 9.53 Å². The van der Waals surface area contributed by atoms with Crippen molar-refractivity contribution in [2.45, 2.75) is 58.8 Å². The summed E-state index contributed by atoms with van der Waals surface area (Å²) < 4.78 is 4.64. The summed E-state index contributed by atoms with van der Waals surface area (Å²) in [6.45, 7) is 8.47. The van der Waals surface area contributed by atoms with Gasteiger partial charge in [0.15, 0.2) is 5.96 Å². The highest BCUT2D eigenvalue weighted by Crippen LogP contribution is 2.16. The average Bonchev–Trinajstić information content (AvgIpc) is 2.53. The van der Waals surface area contributed by atoms with Crippen LogP contribution in [0.15, 0.2) is 4.99 Å². The molecule has 0 aliphatic carbocycles. The molecule has 0 unspecified atom stereocenters. The molecule has 1 heterocycles. The highest BCUT2D eigenvalue weighted by molar-refractivity contribution is 14.0. The zero-order valence-electron chi connectivity index (χ0n) is 15.0. The van der Waals surface area contributed by atoms with Gasteiger partial charge in [0, 0.05) is 32.6 Å². The normalized spacial score (nSPS) is 16.0. The molecule has 1 rings (SSSR count). The Morgan fingerprint density at radius 3 is 2.48 bits per heavy atom. The van der Waals surface area contributed by atoms with Crippen LogP contribution in [0.5, 0.6) is 0 Å². The number of halogens is 1. The Hall–Kier alpha value is -0.530. The van der Waals surface area contributed by atoms with Gasteiger partial charge < -0.3 is 15.0 Å². The van der Waals surface area contributed by atoms with Crippen molar-refractivity contribution in [2.75, 3.05) is 33.3 Å². The molecule has 0 radical (unpaired) electrons. The first-order chi connectivity index (χ1) is 10.7. The van der Waals surface area contributed by atoms with E-state index in [4.69, 9.17) is 4.99 Å². The molecule has 1 aliphatic heterocycles. The van der Waals surface area contributed by atoms with Gasteiger partial charge in [0.25, 0.3) is 0 Å². The first kappa shape index (κ1) is 22.5. The van der Waals surface area contributed by atoms with Gasteiger partial charge in [0.2, 0.25) is 0 Å². The zero-order valence-corrected chi connectivity index (χ0v) is 17.3. The van der Waals surface area contributed by atoms with E-state index in [-0.39, 0.29) is 29.9 Å². The highest BCUT2D eigenvalue weighted by atomic mass is 127. The predicted octanol–water partition coefficient (Wildman–Crippen LogP) is 3.43. The molecule has 6 heteroatoms. The van der Waals surface area contributed by atoms with Crippen LogP contribution in [-0.4, -0.2) is 50.1 Å². The van der Waals surface area contributed by atoms with Crippen molar-refractivity contribution in [1.82, 2.24) is 10.2 Å². The molecule has 1 fully saturated rings. The predicted molar refractivity (Wildman–Crippen MR) is 106 cm³/mol. The summed E-state index contributed by atoms with van der Waals surface area (Å²) in [5, 5.41) is 3.41. The van der Waals surface area contributed by atoms with E-state index in [9.17, 15) is 4.79 Å². The van der Waals surface area contributed by atoms with Gasteiger partial charge in [-0.05, 0) is 38.5 Å². The summed E-state index contributed by atoms with van der Waals surface area (Å²) in [5.41, 5.74) is 0. The number of esters is 1. The van der Waals surface area contributed by atoms with Gasteiger partial charge in [-0.2, -0.15) is 0 Å². The Kier molecular flexibility index (Phi) is 13.5. The topological polar surface area (TPSA) is 53.9 Å². The van der Waals surface area contributed by atoms with Crippen molar-refractivity contribution in [2.24, 2.45) is 10.9 Å². The molecule has 5 nitrogen and oxygen atoms in total. The first-order valence-electron chi connectivity index (χ1n) is 8.77. The van der Waals surface area contributed by atoms with E-state index in [2.05, 4.69) is 28.8 Å². The van der Waals surface area contributed by atoms with Crippen molar-refractivity contribution >= 4 is 35.9 Å². The Morgan fingerprint density at radius 2 is 1.87 bits per heavy atom. The Labute approximate surface area is 158 Å². The fourth-order valence-electron chi connectivity index (χ4n) is 2.67. The summed E-state index contributed by atoms with van der Waals surface area (Å²) in [5.74, 6) is 1.81. The maximum Gasteiger partial charge on any atom is 0.305 e. The van der Waals surface area contributed by atoms with E-state index >= 15 is 0 Å². The summed E-state index contributed by atoms with van der Waals surface area (Å²) in [6.07, 6.45) is 7.25. The molecule has 0 aromatic rings. The molecule has 136 valence electrons. The Balaban J connectivity index is 0.00000484. The number of hydrogen-bond acceptors (Lipinski definition) is 3. The fourth-order valence-corrected chi connectivity index (χ4v) is 2.67. The second kappa shape index (κ2) is 13.9. The third-order valence-electron chi connectivity index (χ3n) is 4.20. The maximum atomic E-state index is 11.0. The van der Waals surface area contributed by atoms with E-state index in [1.165, 1.54) is 20.0 Å². The van der Waals surface area contributed by atoms with Crippen LogP contribution >= 0.6 is 24.0 Å². The molecule has 1 N–H and O–H groups in total. The van der Waals surface area contributed by atoms with Crippen LogP contribution < -0.4 is 5.32 Å². The van der Waals surface area contributed by atoms with Gasteiger partial charge in [0.1, 0.15) is 0 Å². The van der Waals surface area contributed by atoms with Crippen LogP contribution in [0.4, 0.5) is 0 Å². The molecular weight excluding hydrogens is 405 g/mol. The van der Waals surface area contributed by atoms with Crippen molar-refractivity contribution in [3.63, 3.8) is 0 Å². The van der Waals surface area contributed by atoms with Crippen LogP contribution in [0.25, 0.3) is 0 Å². The second-order valence-electron chi connectivity index (χ2n) is 6.15. The molecule has 0 bridgehead atoms. The lowest BCUT2D eigenvalue weighted by Gasteiger charge is -2.33. The number of carbonyl (C=O) groups is 1. The van der Waals surface area contributed by atoms with Crippen molar-refractivity contribution in [3.05, 3.63) is 0 Å². The van der Waals surface area contributed by atoms with Crippen LogP contribution in [0.1, 0.15) is 58.8 Å². The molecule has 1 saturated heterocycles. The summed E-state index contributed by atoms with van der Waals surface area (Å²) >= 11 is 0. The second-order valence-corrected chi connectivity index (χ2v) is 6.15. The number of ether oxygens (including phenoxy) is 1.